The lowest BCUT2D eigenvalue weighted by molar-refractivity contribution is -0.385. The minimum atomic E-state index is -1.07. The van der Waals surface area contributed by atoms with Gasteiger partial charge in [0.1, 0.15) is 17.9 Å². The molecule has 1 aliphatic heterocycles. The van der Waals surface area contributed by atoms with E-state index in [0.717, 1.165) is 6.07 Å². The Morgan fingerprint density at radius 2 is 1.59 bits per heavy atom. The Kier molecular flexibility index (Phi) is 6.93. The second-order valence-corrected chi connectivity index (χ2v) is 8.07. The van der Waals surface area contributed by atoms with Crippen molar-refractivity contribution in [2.75, 3.05) is 4.90 Å². The molecule has 0 bridgehead atoms. The fraction of sp³-hybridized carbons (Fsp3) is 0.0417. The van der Waals surface area contributed by atoms with Crippen molar-refractivity contribution in [3.63, 3.8) is 0 Å². The molecule has 4 rings (SSSR count). The SMILES string of the molecule is O=C1NC(=O)N(c2cccc([N+](=O)[O-])c2)C(=O)/C1=C/c1cc(Cl)ccc1OCc1cccc([N+](=O)[O-])c1. The number of nitrogens with zero attached hydrogens (tertiary/aromatic N) is 3. The fourth-order valence-electron chi connectivity index (χ4n) is 3.48. The van der Waals surface area contributed by atoms with Gasteiger partial charge in [-0.05, 0) is 35.9 Å². The van der Waals surface area contributed by atoms with Gasteiger partial charge in [-0.2, -0.15) is 0 Å². The van der Waals surface area contributed by atoms with E-state index in [0.29, 0.717) is 10.5 Å². The van der Waals surface area contributed by atoms with Crippen molar-refractivity contribution >= 4 is 52.6 Å². The maximum atomic E-state index is 13.2. The molecule has 12 nitrogen and oxygen atoms in total. The number of hydrogen-bond donors (Lipinski definition) is 1. The van der Waals surface area contributed by atoms with E-state index in [9.17, 15) is 34.6 Å². The van der Waals surface area contributed by atoms with Gasteiger partial charge in [-0.25, -0.2) is 9.69 Å². The Morgan fingerprint density at radius 1 is 0.919 bits per heavy atom. The molecule has 3 aromatic rings. The molecule has 4 amide bonds. The Bertz CT molecular complexity index is 1500. The summed E-state index contributed by atoms with van der Waals surface area (Å²) >= 11 is 6.10. The number of carbonyl (C=O) groups excluding carboxylic acids is 3. The lowest BCUT2D eigenvalue weighted by Crippen LogP contribution is -2.54. The van der Waals surface area contributed by atoms with Gasteiger partial charge in [-0.1, -0.05) is 29.8 Å². The Hall–Kier alpha value is -5.10. The standard InChI is InChI=1S/C24H15ClN4O8/c25-16-7-8-21(37-13-14-3-1-5-18(9-14)28(33)34)15(10-16)11-20-22(30)26-24(32)27(23(20)31)17-4-2-6-19(12-17)29(35)36/h1-12H,13H2,(H,26,30,32)/b20-11+. The molecule has 0 saturated carbocycles. The first-order chi connectivity index (χ1) is 17.6. The van der Waals surface area contributed by atoms with Crippen LogP contribution < -0.4 is 15.0 Å². The molecule has 0 atom stereocenters. The average molecular weight is 523 g/mol. The zero-order valence-electron chi connectivity index (χ0n) is 18.6. The van der Waals surface area contributed by atoms with Crippen LogP contribution in [0.25, 0.3) is 6.08 Å². The topological polar surface area (TPSA) is 162 Å². The first-order valence-corrected chi connectivity index (χ1v) is 10.8. The lowest BCUT2D eigenvalue weighted by Gasteiger charge is -2.26. The van der Waals surface area contributed by atoms with Crippen LogP contribution in [-0.4, -0.2) is 27.7 Å². The Balaban J connectivity index is 1.67. The zero-order chi connectivity index (χ0) is 26.7. The summed E-state index contributed by atoms with van der Waals surface area (Å²) in [7, 11) is 0. The number of halogens is 1. The number of benzene rings is 3. The summed E-state index contributed by atoms with van der Waals surface area (Å²) in [5.41, 5.74) is -0.319. The van der Waals surface area contributed by atoms with Crippen LogP contribution in [0.15, 0.2) is 72.3 Å². The molecule has 1 aliphatic rings. The van der Waals surface area contributed by atoms with Crippen LogP contribution in [0.2, 0.25) is 5.02 Å². The van der Waals surface area contributed by atoms with E-state index in [4.69, 9.17) is 16.3 Å². The Labute approximate surface area is 213 Å². The number of ether oxygens (including phenoxy) is 1. The van der Waals surface area contributed by atoms with E-state index in [1.165, 1.54) is 60.7 Å². The molecular weight excluding hydrogens is 508 g/mol. The number of barbiturate groups is 1. The van der Waals surface area contributed by atoms with E-state index in [1.807, 2.05) is 5.32 Å². The summed E-state index contributed by atoms with van der Waals surface area (Å²) in [6.07, 6.45) is 1.17. The van der Waals surface area contributed by atoms with Crippen molar-refractivity contribution in [2.24, 2.45) is 0 Å². The summed E-state index contributed by atoms with van der Waals surface area (Å²) in [4.78, 5) is 59.7. The lowest BCUT2D eigenvalue weighted by atomic mass is 10.1. The molecule has 0 aliphatic carbocycles. The van der Waals surface area contributed by atoms with Crippen LogP contribution in [0.4, 0.5) is 21.9 Å². The van der Waals surface area contributed by atoms with E-state index >= 15 is 0 Å². The quantitative estimate of drug-likeness (QED) is 0.206. The maximum absolute atomic E-state index is 13.2. The smallest absolute Gasteiger partial charge is 0.335 e. The third-order valence-corrected chi connectivity index (χ3v) is 5.42. The average Bonchev–Trinajstić information content (AvgIpc) is 2.86. The number of non-ortho nitro benzene ring substituents is 2. The minimum Gasteiger partial charge on any atom is -0.488 e. The number of nitro groups is 2. The normalized spacial score (nSPS) is 14.5. The van der Waals surface area contributed by atoms with Gasteiger partial charge in [0.2, 0.25) is 0 Å². The van der Waals surface area contributed by atoms with Crippen LogP contribution in [0, 0.1) is 20.2 Å². The molecule has 1 saturated heterocycles. The summed E-state index contributed by atoms with van der Waals surface area (Å²) < 4.78 is 5.78. The number of nitrogens with one attached hydrogen (secondary N) is 1. The highest BCUT2D eigenvalue weighted by Crippen LogP contribution is 2.29. The van der Waals surface area contributed by atoms with Crippen molar-refractivity contribution in [3.05, 3.63) is 109 Å². The second-order valence-electron chi connectivity index (χ2n) is 7.63. The van der Waals surface area contributed by atoms with E-state index in [1.54, 1.807) is 6.07 Å². The monoisotopic (exact) mass is 522 g/mol. The number of carbonyl (C=O) groups is 3. The number of nitro benzene ring substituents is 2. The van der Waals surface area contributed by atoms with Gasteiger partial charge < -0.3 is 4.74 Å². The molecule has 1 heterocycles. The van der Waals surface area contributed by atoms with Crippen LogP contribution in [0.1, 0.15) is 11.1 Å². The summed E-state index contributed by atoms with van der Waals surface area (Å²) in [5.74, 6) is -1.80. The number of amides is 4. The molecule has 13 heteroatoms. The molecule has 1 fully saturated rings. The van der Waals surface area contributed by atoms with Crippen molar-refractivity contribution in [2.45, 2.75) is 6.61 Å². The summed E-state index contributed by atoms with van der Waals surface area (Å²) in [6, 6.07) is 14.0. The number of hydrogen-bond acceptors (Lipinski definition) is 8. The largest absolute Gasteiger partial charge is 0.488 e. The number of urea groups is 1. The van der Waals surface area contributed by atoms with Crippen molar-refractivity contribution in [3.8, 4) is 5.75 Å². The molecule has 0 radical (unpaired) electrons. The van der Waals surface area contributed by atoms with Crippen molar-refractivity contribution in [1.29, 1.82) is 0 Å². The predicted molar refractivity (Wildman–Crippen MR) is 131 cm³/mol. The van der Waals surface area contributed by atoms with Crippen LogP contribution >= 0.6 is 11.6 Å². The van der Waals surface area contributed by atoms with Crippen molar-refractivity contribution < 1.29 is 29.0 Å². The predicted octanol–water partition coefficient (Wildman–Crippen LogP) is 4.40. The van der Waals surface area contributed by atoms with E-state index in [2.05, 4.69) is 0 Å². The summed E-state index contributed by atoms with van der Waals surface area (Å²) in [5, 5.41) is 24.4. The highest BCUT2D eigenvalue weighted by Gasteiger charge is 2.37. The van der Waals surface area contributed by atoms with Crippen LogP contribution in [0.5, 0.6) is 5.75 Å². The van der Waals surface area contributed by atoms with Gasteiger partial charge in [-0.15, -0.1) is 0 Å². The Morgan fingerprint density at radius 3 is 2.30 bits per heavy atom. The number of imide groups is 2. The summed E-state index contributed by atoms with van der Waals surface area (Å²) in [6.45, 7) is -0.0715. The van der Waals surface area contributed by atoms with Gasteiger partial charge in [0.15, 0.2) is 0 Å². The molecular formula is C24H15ClN4O8. The molecule has 0 unspecified atom stereocenters. The maximum Gasteiger partial charge on any atom is 0.335 e. The van der Waals surface area contributed by atoms with Crippen molar-refractivity contribution in [1.82, 2.24) is 5.32 Å². The third kappa shape index (κ3) is 5.44. The van der Waals surface area contributed by atoms with Gasteiger partial charge >= 0.3 is 6.03 Å². The zero-order valence-corrected chi connectivity index (χ0v) is 19.4. The number of rotatable bonds is 7. The molecule has 1 N–H and O–H groups in total. The number of anilines is 1. The molecule has 0 spiro atoms. The van der Waals surface area contributed by atoms with E-state index in [-0.39, 0.29) is 40.0 Å². The van der Waals surface area contributed by atoms with Gasteiger partial charge in [-0.3, -0.25) is 35.1 Å². The van der Waals surface area contributed by atoms with E-state index < -0.39 is 33.3 Å². The second kappa shape index (κ2) is 10.3. The molecule has 37 heavy (non-hydrogen) atoms. The first-order valence-electron chi connectivity index (χ1n) is 10.5. The highest BCUT2D eigenvalue weighted by atomic mass is 35.5. The van der Waals surface area contributed by atoms with Gasteiger partial charge in [0.05, 0.1) is 15.5 Å². The fourth-order valence-corrected chi connectivity index (χ4v) is 3.66. The molecule has 3 aromatic carbocycles. The first kappa shape index (κ1) is 25.0. The third-order valence-electron chi connectivity index (χ3n) is 5.19. The van der Waals surface area contributed by atoms with Crippen LogP contribution in [0.3, 0.4) is 0 Å². The van der Waals surface area contributed by atoms with Gasteiger partial charge in [0.25, 0.3) is 23.2 Å². The highest BCUT2D eigenvalue weighted by molar-refractivity contribution is 6.39. The molecule has 186 valence electrons. The minimum absolute atomic E-state index is 0.0715. The van der Waals surface area contributed by atoms with Crippen LogP contribution in [-0.2, 0) is 16.2 Å². The van der Waals surface area contributed by atoms with Gasteiger partial charge in [0, 0.05) is 34.9 Å². The molecule has 0 aromatic heterocycles.